The van der Waals surface area contributed by atoms with Crippen LogP contribution in [0.15, 0.2) is 18.2 Å². The van der Waals surface area contributed by atoms with E-state index in [1.165, 1.54) is 19.2 Å². The van der Waals surface area contributed by atoms with Crippen LogP contribution in [0.25, 0.3) is 0 Å². The van der Waals surface area contributed by atoms with Gasteiger partial charge in [-0.05, 0) is 25.5 Å². The molecule has 1 aromatic rings. The zero-order valence-corrected chi connectivity index (χ0v) is 10.5. The fraction of sp³-hybridized carbons (Fsp3) is 0.462. The molecule has 1 aliphatic heterocycles. The highest BCUT2D eigenvalue weighted by Gasteiger charge is 2.32. The van der Waals surface area contributed by atoms with Gasteiger partial charge in [0, 0.05) is 24.7 Å². The summed E-state index contributed by atoms with van der Waals surface area (Å²) in [6.45, 7) is 2.46. The summed E-state index contributed by atoms with van der Waals surface area (Å²) in [5, 5.41) is 0. The van der Waals surface area contributed by atoms with E-state index < -0.39 is 5.82 Å². The molecule has 0 spiro atoms. The van der Waals surface area contributed by atoms with Gasteiger partial charge in [0.1, 0.15) is 11.6 Å². The van der Waals surface area contributed by atoms with E-state index in [1.54, 1.807) is 11.0 Å². The second-order valence-corrected chi connectivity index (χ2v) is 4.54. The Hall–Kier alpha value is -1.62. The van der Waals surface area contributed by atoms with Crippen LogP contribution < -0.4 is 10.5 Å². The smallest absolute Gasteiger partial charge is 0.257 e. The number of benzene rings is 1. The first-order chi connectivity index (χ1) is 8.54. The maximum atomic E-state index is 13.8. The van der Waals surface area contributed by atoms with Crippen LogP contribution in [0.2, 0.25) is 0 Å². The second-order valence-electron chi connectivity index (χ2n) is 4.54. The Morgan fingerprint density at radius 2 is 2.28 bits per heavy atom. The quantitative estimate of drug-likeness (QED) is 0.865. The molecule has 4 nitrogen and oxygen atoms in total. The van der Waals surface area contributed by atoms with Crippen LogP contribution in [0, 0.1) is 5.82 Å². The monoisotopic (exact) mass is 252 g/mol. The minimum absolute atomic E-state index is 0.0322. The summed E-state index contributed by atoms with van der Waals surface area (Å²) in [6, 6.07) is 4.16. The molecule has 98 valence electrons. The number of hydrogen-bond donors (Lipinski definition) is 1. The minimum atomic E-state index is -0.563. The summed E-state index contributed by atoms with van der Waals surface area (Å²) in [7, 11) is 1.46. The summed E-state index contributed by atoms with van der Waals surface area (Å²) in [5.41, 5.74) is 5.93. The molecule has 2 N–H and O–H groups in total. The zero-order valence-electron chi connectivity index (χ0n) is 10.5. The van der Waals surface area contributed by atoms with Crippen LogP contribution in [0.1, 0.15) is 23.7 Å². The number of amides is 1. The van der Waals surface area contributed by atoms with Gasteiger partial charge in [0.25, 0.3) is 5.91 Å². The molecule has 2 unspecified atom stereocenters. The molecular formula is C13H17FN2O2. The lowest BCUT2D eigenvalue weighted by Gasteiger charge is -2.23. The van der Waals surface area contributed by atoms with Gasteiger partial charge in [-0.3, -0.25) is 4.79 Å². The average Bonchev–Trinajstić information content (AvgIpc) is 2.69. The van der Waals surface area contributed by atoms with Gasteiger partial charge in [-0.25, -0.2) is 4.39 Å². The van der Waals surface area contributed by atoms with Crippen molar-refractivity contribution in [3.05, 3.63) is 29.6 Å². The number of hydrogen-bond acceptors (Lipinski definition) is 3. The molecule has 0 radical (unpaired) electrons. The molecule has 0 bridgehead atoms. The van der Waals surface area contributed by atoms with Gasteiger partial charge < -0.3 is 15.4 Å². The normalized spacial score (nSPS) is 23.2. The maximum Gasteiger partial charge on any atom is 0.257 e. The Balaban J connectivity index is 2.24. The van der Waals surface area contributed by atoms with Crippen LogP contribution in [-0.4, -0.2) is 36.5 Å². The second kappa shape index (κ2) is 4.94. The Morgan fingerprint density at radius 1 is 1.56 bits per heavy atom. The molecule has 1 aromatic carbocycles. The number of likely N-dealkylation sites (tertiary alicyclic amines) is 1. The molecule has 1 amide bonds. The van der Waals surface area contributed by atoms with Gasteiger partial charge in [-0.2, -0.15) is 0 Å². The highest BCUT2D eigenvalue weighted by Crippen LogP contribution is 2.22. The van der Waals surface area contributed by atoms with Crippen LogP contribution in [-0.2, 0) is 0 Å². The summed E-state index contributed by atoms with van der Waals surface area (Å²) in [5.74, 6) is -0.474. The average molecular weight is 252 g/mol. The molecule has 1 fully saturated rings. The fourth-order valence-electron chi connectivity index (χ4n) is 2.20. The van der Waals surface area contributed by atoms with Crippen LogP contribution in [0.4, 0.5) is 4.39 Å². The van der Waals surface area contributed by atoms with Crippen molar-refractivity contribution >= 4 is 5.91 Å². The lowest BCUT2D eigenvalue weighted by molar-refractivity contribution is 0.0738. The van der Waals surface area contributed by atoms with Gasteiger partial charge in [0.2, 0.25) is 0 Å². The lowest BCUT2D eigenvalue weighted by Crippen LogP contribution is -2.40. The van der Waals surface area contributed by atoms with Crippen molar-refractivity contribution in [2.75, 3.05) is 13.7 Å². The fourth-order valence-corrected chi connectivity index (χ4v) is 2.20. The third kappa shape index (κ3) is 2.18. The first kappa shape index (κ1) is 12.8. The number of nitrogens with zero attached hydrogens (tertiary/aromatic N) is 1. The van der Waals surface area contributed by atoms with Crippen LogP contribution in [0.3, 0.4) is 0 Å². The van der Waals surface area contributed by atoms with Crippen molar-refractivity contribution in [3.8, 4) is 5.75 Å². The van der Waals surface area contributed by atoms with Crippen molar-refractivity contribution in [1.82, 2.24) is 4.90 Å². The number of rotatable bonds is 2. The Bertz CT molecular complexity index is 464. The van der Waals surface area contributed by atoms with E-state index in [1.807, 2.05) is 6.92 Å². The lowest BCUT2D eigenvalue weighted by atomic mass is 10.1. The molecule has 18 heavy (non-hydrogen) atoms. The highest BCUT2D eigenvalue weighted by atomic mass is 19.1. The van der Waals surface area contributed by atoms with Gasteiger partial charge in [-0.15, -0.1) is 0 Å². The maximum absolute atomic E-state index is 13.8. The molecule has 2 atom stereocenters. The van der Waals surface area contributed by atoms with Crippen molar-refractivity contribution < 1.29 is 13.9 Å². The van der Waals surface area contributed by atoms with Gasteiger partial charge in [0.15, 0.2) is 0 Å². The summed E-state index contributed by atoms with van der Waals surface area (Å²) >= 11 is 0. The van der Waals surface area contributed by atoms with E-state index in [4.69, 9.17) is 10.5 Å². The van der Waals surface area contributed by atoms with Gasteiger partial charge in [-0.1, -0.05) is 0 Å². The number of carbonyl (C=O) groups excluding carboxylic acids is 1. The number of nitrogens with two attached hydrogens (primary N) is 1. The molecule has 0 saturated carbocycles. The van der Waals surface area contributed by atoms with E-state index in [9.17, 15) is 9.18 Å². The number of methoxy groups -OCH3 is 1. The summed E-state index contributed by atoms with van der Waals surface area (Å²) in [4.78, 5) is 13.8. The van der Waals surface area contributed by atoms with E-state index in [0.29, 0.717) is 12.3 Å². The molecule has 1 saturated heterocycles. The number of halogens is 1. The summed E-state index contributed by atoms with van der Waals surface area (Å²) < 4.78 is 18.7. The van der Waals surface area contributed by atoms with Gasteiger partial charge >= 0.3 is 0 Å². The van der Waals surface area contributed by atoms with E-state index in [2.05, 4.69) is 0 Å². The van der Waals surface area contributed by atoms with Gasteiger partial charge in [0.05, 0.1) is 12.7 Å². The molecule has 0 aromatic heterocycles. The third-order valence-electron chi connectivity index (χ3n) is 3.48. The van der Waals surface area contributed by atoms with E-state index in [-0.39, 0.29) is 23.6 Å². The highest BCUT2D eigenvalue weighted by molar-refractivity contribution is 5.95. The van der Waals surface area contributed by atoms with Crippen molar-refractivity contribution in [1.29, 1.82) is 0 Å². The SMILES string of the molecule is COc1ccc(C(=O)N2CCC(N)C2C)c(F)c1. The van der Waals surface area contributed by atoms with Crippen LogP contribution in [0.5, 0.6) is 5.75 Å². The van der Waals surface area contributed by atoms with Crippen molar-refractivity contribution in [2.45, 2.75) is 25.4 Å². The zero-order chi connectivity index (χ0) is 13.3. The number of carbonyl (C=O) groups is 1. The molecule has 1 aliphatic rings. The van der Waals surface area contributed by atoms with Crippen molar-refractivity contribution in [3.63, 3.8) is 0 Å². The number of ether oxygens (including phenoxy) is 1. The molecular weight excluding hydrogens is 235 g/mol. The minimum Gasteiger partial charge on any atom is -0.497 e. The van der Waals surface area contributed by atoms with E-state index >= 15 is 0 Å². The summed E-state index contributed by atoms with van der Waals surface area (Å²) in [6.07, 6.45) is 0.755. The molecule has 2 rings (SSSR count). The Kier molecular flexibility index (Phi) is 3.52. The third-order valence-corrected chi connectivity index (χ3v) is 3.48. The molecule has 5 heteroatoms. The topological polar surface area (TPSA) is 55.6 Å². The predicted molar refractivity (Wildman–Crippen MR) is 66.0 cm³/mol. The standard InChI is InChI=1S/C13H17FN2O2/c1-8-12(15)5-6-16(8)13(17)10-4-3-9(18-2)7-11(10)14/h3-4,7-8,12H,5-6,15H2,1-2H3. The first-order valence-corrected chi connectivity index (χ1v) is 5.94. The van der Waals surface area contributed by atoms with E-state index in [0.717, 1.165) is 6.42 Å². The predicted octanol–water partition coefficient (Wildman–Crippen LogP) is 1.40. The largest absolute Gasteiger partial charge is 0.497 e. The van der Waals surface area contributed by atoms with Crippen LogP contribution >= 0.6 is 0 Å². The first-order valence-electron chi connectivity index (χ1n) is 5.94. The Labute approximate surface area is 106 Å². The molecule has 0 aliphatic carbocycles. The van der Waals surface area contributed by atoms with Crippen molar-refractivity contribution in [2.24, 2.45) is 5.73 Å². The molecule has 1 heterocycles. The Morgan fingerprint density at radius 3 is 2.78 bits per heavy atom.